The predicted molar refractivity (Wildman–Crippen MR) is 112 cm³/mol. The Morgan fingerprint density at radius 2 is 1.55 bits per heavy atom. The molecule has 2 N–H and O–H groups in total. The zero-order valence-corrected chi connectivity index (χ0v) is 16.1. The van der Waals surface area contributed by atoms with Crippen LogP contribution in [0.1, 0.15) is 25.7 Å². The fourth-order valence-electron chi connectivity index (χ4n) is 2.68. The molecule has 7 nitrogen and oxygen atoms in total. The van der Waals surface area contributed by atoms with Gasteiger partial charge in [-0.25, -0.2) is 4.68 Å². The first kappa shape index (κ1) is 18.6. The molecule has 0 aliphatic rings. The number of nitrogens with one attached hydrogen (secondary N) is 2. The highest BCUT2D eigenvalue weighted by molar-refractivity contribution is 7.12. The lowest BCUT2D eigenvalue weighted by Crippen LogP contribution is -2.13. The highest BCUT2D eigenvalue weighted by Crippen LogP contribution is 2.17. The van der Waals surface area contributed by atoms with Crippen molar-refractivity contribution in [1.29, 1.82) is 0 Å². The second kappa shape index (κ2) is 8.49. The quantitative estimate of drug-likeness (QED) is 0.511. The number of hydrogen-bond acceptors (Lipinski definition) is 5. The summed E-state index contributed by atoms with van der Waals surface area (Å²) in [4.78, 5) is 25.1. The molecule has 0 aliphatic carbocycles. The van der Waals surface area contributed by atoms with Crippen molar-refractivity contribution < 1.29 is 9.59 Å². The van der Waals surface area contributed by atoms with Crippen molar-refractivity contribution >= 4 is 34.5 Å². The zero-order valence-electron chi connectivity index (χ0n) is 15.3. The molecule has 0 radical (unpaired) electrons. The van der Waals surface area contributed by atoms with E-state index in [0.29, 0.717) is 22.8 Å². The van der Waals surface area contributed by atoms with Crippen LogP contribution in [0.4, 0.5) is 11.4 Å². The molecule has 0 saturated heterocycles. The van der Waals surface area contributed by atoms with Crippen molar-refractivity contribution in [2.24, 2.45) is 0 Å². The van der Waals surface area contributed by atoms with Crippen LogP contribution in [-0.2, 0) is 6.54 Å². The Balaban J connectivity index is 1.35. The van der Waals surface area contributed by atoms with Gasteiger partial charge in [-0.2, -0.15) is 0 Å². The number of thiophene rings is 1. The summed E-state index contributed by atoms with van der Waals surface area (Å²) in [6.07, 6.45) is 1.61. The van der Waals surface area contributed by atoms with E-state index < -0.39 is 0 Å². The first-order chi connectivity index (χ1) is 14.2. The van der Waals surface area contributed by atoms with Gasteiger partial charge in [-0.05, 0) is 41.3 Å². The van der Waals surface area contributed by atoms with Crippen LogP contribution in [0.5, 0.6) is 0 Å². The van der Waals surface area contributed by atoms with E-state index in [1.54, 1.807) is 41.2 Å². The normalized spacial score (nSPS) is 10.5. The maximum Gasteiger partial charge on any atom is 0.277 e. The molecule has 4 rings (SSSR count). The average Bonchev–Trinajstić information content (AvgIpc) is 3.42. The summed E-state index contributed by atoms with van der Waals surface area (Å²) in [5.74, 6) is -0.508. The van der Waals surface area contributed by atoms with Gasteiger partial charge in [-0.1, -0.05) is 41.6 Å². The lowest BCUT2D eigenvalue weighted by molar-refractivity contribution is 0.101. The SMILES string of the molecule is O=C(Nc1ccc(NC(=O)c2cccs2)cc1)c1cn(Cc2ccccc2)nn1. The Labute approximate surface area is 171 Å². The van der Waals surface area contributed by atoms with Gasteiger partial charge in [0.15, 0.2) is 5.69 Å². The maximum atomic E-state index is 12.4. The van der Waals surface area contributed by atoms with Crippen LogP contribution in [0.2, 0.25) is 0 Å². The molecule has 2 heterocycles. The molecule has 0 atom stereocenters. The highest BCUT2D eigenvalue weighted by Gasteiger charge is 2.12. The number of nitrogens with zero attached hydrogens (tertiary/aromatic N) is 3. The van der Waals surface area contributed by atoms with Crippen molar-refractivity contribution in [1.82, 2.24) is 15.0 Å². The Hall–Kier alpha value is -3.78. The smallest absolute Gasteiger partial charge is 0.277 e. The topological polar surface area (TPSA) is 88.9 Å². The molecule has 2 aromatic carbocycles. The summed E-state index contributed by atoms with van der Waals surface area (Å²) in [7, 11) is 0. The predicted octanol–water partition coefficient (Wildman–Crippen LogP) is 3.89. The molecule has 0 spiro atoms. The van der Waals surface area contributed by atoms with Gasteiger partial charge in [0.1, 0.15) is 0 Å². The van der Waals surface area contributed by atoms with Gasteiger partial charge in [0.2, 0.25) is 0 Å². The van der Waals surface area contributed by atoms with E-state index in [2.05, 4.69) is 20.9 Å². The van der Waals surface area contributed by atoms with Crippen molar-refractivity contribution in [2.75, 3.05) is 10.6 Å². The van der Waals surface area contributed by atoms with Crippen LogP contribution >= 0.6 is 11.3 Å². The van der Waals surface area contributed by atoms with Crippen molar-refractivity contribution in [3.63, 3.8) is 0 Å². The molecule has 0 saturated carbocycles. The second-order valence-corrected chi connectivity index (χ2v) is 7.20. The Morgan fingerprint density at radius 3 is 2.21 bits per heavy atom. The maximum absolute atomic E-state index is 12.4. The zero-order chi connectivity index (χ0) is 20.1. The van der Waals surface area contributed by atoms with E-state index in [9.17, 15) is 9.59 Å². The number of hydrogen-bond donors (Lipinski definition) is 2. The van der Waals surface area contributed by atoms with Crippen LogP contribution < -0.4 is 10.6 Å². The molecular weight excluding hydrogens is 386 g/mol. The molecule has 8 heteroatoms. The van der Waals surface area contributed by atoms with Crippen LogP contribution in [-0.4, -0.2) is 26.8 Å². The molecule has 0 fully saturated rings. The fourth-order valence-corrected chi connectivity index (χ4v) is 3.30. The average molecular weight is 403 g/mol. The fraction of sp³-hybridized carbons (Fsp3) is 0.0476. The Bertz CT molecular complexity index is 1110. The Morgan fingerprint density at radius 1 is 0.862 bits per heavy atom. The minimum atomic E-state index is -0.348. The number of carbonyl (C=O) groups is 2. The van der Waals surface area contributed by atoms with Crippen LogP contribution in [0.15, 0.2) is 78.3 Å². The molecule has 0 aliphatic heterocycles. The third-order valence-electron chi connectivity index (χ3n) is 4.10. The lowest BCUT2D eigenvalue weighted by Gasteiger charge is -2.06. The molecule has 0 bridgehead atoms. The molecular formula is C21H17N5O2S. The summed E-state index contributed by atoms with van der Waals surface area (Å²) < 4.78 is 1.62. The summed E-state index contributed by atoms with van der Waals surface area (Å²) in [6.45, 7) is 0.541. The number of anilines is 2. The van der Waals surface area contributed by atoms with Crippen LogP contribution in [0.3, 0.4) is 0 Å². The minimum absolute atomic E-state index is 0.160. The summed E-state index contributed by atoms with van der Waals surface area (Å²) >= 11 is 1.38. The molecule has 29 heavy (non-hydrogen) atoms. The number of rotatable bonds is 6. The standard InChI is InChI=1S/C21H17N5O2S/c27-20(18-14-26(25-24-18)13-15-5-2-1-3-6-15)22-16-8-10-17(11-9-16)23-21(28)19-7-4-12-29-19/h1-12,14H,13H2,(H,22,27)(H,23,28). The number of aromatic nitrogens is 3. The van der Waals surface area contributed by atoms with Crippen molar-refractivity contribution in [3.8, 4) is 0 Å². The van der Waals surface area contributed by atoms with Gasteiger partial charge < -0.3 is 10.6 Å². The third-order valence-corrected chi connectivity index (χ3v) is 4.97. The van der Waals surface area contributed by atoms with Gasteiger partial charge in [-0.15, -0.1) is 16.4 Å². The molecule has 2 aromatic heterocycles. The minimum Gasteiger partial charge on any atom is -0.321 e. The molecule has 2 amide bonds. The van der Waals surface area contributed by atoms with Crippen molar-refractivity contribution in [2.45, 2.75) is 6.54 Å². The number of carbonyl (C=O) groups excluding carboxylic acids is 2. The van der Waals surface area contributed by atoms with E-state index >= 15 is 0 Å². The molecule has 144 valence electrons. The first-order valence-corrected chi connectivity index (χ1v) is 9.76. The van der Waals surface area contributed by atoms with E-state index in [1.807, 2.05) is 41.8 Å². The monoisotopic (exact) mass is 403 g/mol. The van der Waals surface area contributed by atoms with Crippen LogP contribution in [0, 0.1) is 0 Å². The van der Waals surface area contributed by atoms with Gasteiger partial charge in [0.05, 0.1) is 17.6 Å². The van der Waals surface area contributed by atoms with Crippen molar-refractivity contribution in [3.05, 3.63) is 94.4 Å². The summed E-state index contributed by atoms with van der Waals surface area (Å²) in [6, 6.07) is 20.3. The summed E-state index contributed by atoms with van der Waals surface area (Å²) in [5.41, 5.74) is 2.55. The molecule has 4 aromatic rings. The van der Waals surface area contributed by atoms with E-state index in [-0.39, 0.29) is 17.5 Å². The summed E-state index contributed by atoms with van der Waals surface area (Å²) in [5, 5.41) is 15.4. The van der Waals surface area contributed by atoms with E-state index in [4.69, 9.17) is 0 Å². The highest BCUT2D eigenvalue weighted by atomic mass is 32.1. The van der Waals surface area contributed by atoms with Gasteiger partial charge in [-0.3, -0.25) is 9.59 Å². The molecule has 0 unspecified atom stereocenters. The van der Waals surface area contributed by atoms with E-state index in [0.717, 1.165) is 5.56 Å². The van der Waals surface area contributed by atoms with Gasteiger partial charge in [0, 0.05) is 11.4 Å². The largest absolute Gasteiger partial charge is 0.321 e. The first-order valence-electron chi connectivity index (χ1n) is 8.88. The second-order valence-electron chi connectivity index (χ2n) is 6.25. The van der Waals surface area contributed by atoms with Gasteiger partial charge in [0.25, 0.3) is 11.8 Å². The number of benzene rings is 2. The van der Waals surface area contributed by atoms with Gasteiger partial charge >= 0.3 is 0 Å². The third kappa shape index (κ3) is 4.74. The van der Waals surface area contributed by atoms with E-state index in [1.165, 1.54) is 11.3 Å². The number of amides is 2. The lowest BCUT2D eigenvalue weighted by atomic mass is 10.2. The van der Waals surface area contributed by atoms with Crippen LogP contribution in [0.25, 0.3) is 0 Å². The Kier molecular flexibility index (Phi) is 5.44.